The Balaban J connectivity index is 1.56. The van der Waals surface area contributed by atoms with Crippen molar-refractivity contribution in [2.24, 2.45) is 4.99 Å². The van der Waals surface area contributed by atoms with Crippen LogP contribution in [-0.2, 0) is 6.54 Å². The molecule has 3 aromatic rings. The average Bonchev–Trinajstić information content (AvgIpc) is 3.05. The van der Waals surface area contributed by atoms with E-state index in [-0.39, 0.29) is 0 Å². The van der Waals surface area contributed by atoms with E-state index in [1.54, 1.807) is 14.2 Å². The number of guanidine groups is 1. The highest BCUT2D eigenvalue weighted by molar-refractivity contribution is 5.93. The quantitative estimate of drug-likeness (QED) is 0.345. The molecule has 7 nitrogen and oxygen atoms in total. The van der Waals surface area contributed by atoms with Gasteiger partial charge in [-0.05, 0) is 44.5 Å². The molecule has 0 aliphatic rings. The summed E-state index contributed by atoms with van der Waals surface area (Å²) < 4.78 is 13.2. The number of nitrogens with zero attached hydrogens (tertiary/aromatic N) is 3. The first-order valence-electron chi connectivity index (χ1n) is 9.86. The molecule has 7 heteroatoms. The van der Waals surface area contributed by atoms with E-state index < -0.39 is 0 Å². The highest BCUT2D eigenvalue weighted by atomic mass is 16.5. The van der Waals surface area contributed by atoms with Crippen LogP contribution < -0.4 is 20.1 Å². The van der Waals surface area contributed by atoms with E-state index in [1.165, 1.54) is 5.52 Å². The molecule has 0 fully saturated rings. The number of imidazole rings is 1. The van der Waals surface area contributed by atoms with Crippen LogP contribution in [0.2, 0.25) is 0 Å². The number of ether oxygens (including phenoxy) is 2. The second kappa shape index (κ2) is 9.82. The third-order valence-electron chi connectivity index (χ3n) is 4.65. The fraction of sp³-hybridized carbons (Fsp3) is 0.364. The lowest BCUT2D eigenvalue weighted by atomic mass is 10.2. The summed E-state index contributed by atoms with van der Waals surface area (Å²) in [7, 11) is 3.40. The lowest BCUT2D eigenvalue weighted by Crippen LogP contribution is -2.31. The summed E-state index contributed by atoms with van der Waals surface area (Å²) in [5.41, 5.74) is 3.10. The summed E-state index contributed by atoms with van der Waals surface area (Å²) in [6.07, 6.45) is 0.953. The van der Waals surface area contributed by atoms with Crippen molar-refractivity contribution in [3.05, 3.63) is 48.3 Å². The molecule has 1 heterocycles. The number of methoxy groups -OCH3 is 1. The first-order valence-corrected chi connectivity index (χ1v) is 9.86. The molecule has 0 spiro atoms. The van der Waals surface area contributed by atoms with Crippen LogP contribution in [0.4, 0.5) is 5.69 Å². The van der Waals surface area contributed by atoms with Gasteiger partial charge in [-0.25, -0.2) is 4.98 Å². The van der Waals surface area contributed by atoms with Crippen molar-refractivity contribution >= 4 is 22.7 Å². The number of para-hydroxylation sites is 2. The van der Waals surface area contributed by atoms with Crippen molar-refractivity contribution in [3.8, 4) is 11.5 Å². The normalized spacial score (nSPS) is 11.5. The highest BCUT2D eigenvalue weighted by Gasteiger charge is 2.08. The highest BCUT2D eigenvalue weighted by Crippen LogP contribution is 2.30. The molecule has 0 saturated carbocycles. The van der Waals surface area contributed by atoms with Gasteiger partial charge in [0.15, 0.2) is 17.5 Å². The number of rotatable bonds is 8. The molecule has 0 saturated heterocycles. The molecule has 0 radical (unpaired) electrons. The average molecular weight is 396 g/mol. The van der Waals surface area contributed by atoms with Gasteiger partial charge in [0.05, 0.1) is 24.8 Å². The van der Waals surface area contributed by atoms with Crippen molar-refractivity contribution < 1.29 is 9.47 Å². The van der Waals surface area contributed by atoms with Crippen molar-refractivity contribution in [2.45, 2.75) is 26.8 Å². The molecule has 0 amide bonds. The second-order valence-corrected chi connectivity index (χ2v) is 6.58. The van der Waals surface area contributed by atoms with Gasteiger partial charge in [-0.3, -0.25) is 4.99 Å². The standard InChI is InChI=1S/C22H29N5O2/c1-5-29-21-15-17(11-12-20(21)28-4)26-22(23-3)24-13-8-14-27-16(2)25-18-9-6-7-10-19(18)27/h6-7,9-12,15H,5,8,13-14H2,1-4H3,(H2,23,24,26). The van der Waals surface area contributed by atoms with Crippen LogP contribution in [0.3, 0.4) is 0 Å². The van der Waals surface area contributed by atoms with Gasteiger partial charge in [-0.2, -0.15) is 0 Å². The van der Waals surface area contributed by atoms with E-state index in [0.29, 0.717) is 24.1 Å². The van der Waals surface area contributed by atoms with Gasteiger partial charge in [-0.1, -0.05) is 12.1 Å². The minimum absolute atomic E-state index is 0.579. The predicted molar refractivity (Wildman–Crippen MR) is 118 cm³/mol. The maximum Gasteiger partial charge on any atom is 0.195 e. The molecular formula is C22H29N5O2. The number of hydrogen-bond acceptors (Lipinski definition) is 4. The third kappa shape index (κ3) is 4.99. The third-order valence-corrected chi connectivity index (χ3v) is 4.65. The number of benzene rings is 2. The Kier molecular flexibility index (Phi) is 6.94. The maximum absolute atomic E-state index is 5.64. The Morgan fingerprint density at radius 1 is 1.17 bits per heavy atom. The molecule has 2 N–H and O–H groups in total. The van der Waals surface area contributed by atoms with Crippen LogP contribution in [0.25, 0.3) is 11.0 Å². The van der Waals surface area contributed by atoms with E-state index >= 15 is 0 Å². The van der Waals surface area contributed by atoms with Crippen LogP contribution in [0.15, 0.2) is 47.5 Å². The van der Waals surface area contributed by atoms with Crippen LogP contribution in [0.5, 0.6) is 11.5 Å². The molecular weight excluding hydrogens is 366 g/mol. The first-order chi connectivity index (χ1) is 14.2. The number of fused-ring (bicyclic) bond motifs is 1. The number of nitrogens with one attached hydrogen (secondary N) is 2. The summed E-state index contributed by atoms with van der Waals surface area (Å²) in [4.78, 5) is 8.93. The smallest absolute Gasteiger partial charge is 0.195 e. The second-order valence-electron chi connectivity index (χ2n) is 6.58. The monoisotopic (exact) mass is 395 g/mol. The van der Waals surface area contributed by atoms with E-state index in [1.807, 2.05) is 44.2 Å². The van der Waals surface area contributed by atoms with Gasteiger partial charge in [-0.15, -0.1) is 0 Å². The Hall–Kier alpha value is -3.22. The molecule has 154 valence electrons. The van der Waals surface area contributed by atoms with Crippen molar-refractivity contribution in [1.82, 2.24) is 14.9 Å². The lowest BCUT2D eigenvalue weighted by molar-refractivity contribution is 0.311. The van der Waals surface area contributed by atoms with Gasteiger partial charge < -0.3 is 24.7 Å². The molecule has 0 unspecified atom stereocenters. The zero-order valence-corrected chi connectivity index (χ0v) is 17.5. The van der Waals surface area contributed by atoms with E-state index in [9.17, 15) is 0 Å². The van der Waals surface area contributed by atoms with Crippen molar-refractivity contribution in [3.63, 3.8) is 0 Å². The molecule has 29 heavy (non-hydrogen) atoms. The van der Waals surface area contributed by atoms with Crippen LogP contribution in [0.1, 0.15) is 19.2 Å². The van der Waals surface area contributed by atoms with E-state index in [4.69, 9.17) is 9.47 Å². The number of aromatic nitrogens is 2. The van der Waals surface area contributed by atoms with Gasteiger partial charge in [0.25, 0.3) is 0 Å². The predicted octanol–water partition coefficient (Wildman–Crippen LogP) is 3.83. The van der Waals surface area contributed by atoms with Crippen molar-refractivity contribution in [1.29, 1.82) is 0 Å². The summed E-state index contributed by atoms with van der Waals surface area (Å²) in [5, 5.41) is 6.66. The maximum atomic E-state index is 5.64. The first kappa shape index (κ1) is 20.5. The van der Waals surface area contributed by atoms with E-state index in [2.05, 4.69) is 37.3 Å². The molecule has 3 rings (SSSR count). The number of aliphatic imine (C=N–C) groups is 1. The summed E-state index contributed by atoms with van der Waals surface area (Å²) in [5.74, 6) is 3.17. The molecule has 0 bridgehead atoms. The number of hydrogen-bond donors (Lipinski definition) is 2. The molecule has 2 aromatic carbocycles. The summed E-state index contributed by atoms with van der Waals surface area (Å²) in [6.45, 7) is 6.27. The van der Waals surface area contributed by atoms with Crippen LogP contribution in [0, 0.1) is 6.92 Å². The number of aryl methyl sites for hydroxylation is 2. The van der Waals surface area contributed by atoms with Gasteiger partial charge in [0, 0.05) is 31.9 Å². The molecule has 1 aromatic heterocycles. The van der Waals surface area contributed by atoms with Gasteiger partial charge in [0.1, 0.15) is 5.82 Å². The van der Waals surface area contributed by atoms with E-state index in [0.717, 1.165) is 36.5 Å². The van der Waals surface area contributed by atoms with Gasteiger partial charge >= 0.3 is 0 Å². The van der Waals surface area contributed by atoms with Gasteiger partial charge in [0.2, 0.25) is 0 Å². The summed E-state index contributed by atoms with van der Waals surface area (Å²) >= 11 is 0. The largest absolute Gasteiger partial charge is 0.493 e. The minimum atomic E-state index is 0.579. The molecule has 0 aliphatic carbocycles. The minimum Gasteiger partial charge on any atom is -0.493 e. The Bertz CT molecular complexity index is 980. The lowest BCUT2D eigenvalue weighted by Gasteiger charge is -2.15. The van der Waals surface area contributed by atoms with Crippen LogP contribution in [-0.4, -0.2) is 42.8 Å². The van der Waals surface area contributed by atoms with Crippen molar-refractivity contribution in [2.75, 3.05) is 32.6 Å². The fourth-order valence-corrected chi connectivity index (χ4v) is 3.26. The Morgan fingerprint density at radius 3 is 2.76 bits per heavy atom. The zero-order chi connectivity index (χ0) is 20.6. The SMILES string of the molecule is CCOc1cc(NC(=NC)NCCCn2c(C)nc3ccccc32)ccc1OC. The topological polar surface area (TPSA) is 72.7 Å². The Morgan fingerprint density at radius 2 is 2.00 bits per heavy atom. The Labute approximate surface area is 171 Å². The number of anilines is 1. The zero-order valence-electron chi connectivity index (χ0n) is 17.5. The summed E-state index contributed by atoms with van der Waals surface area (Å²) in [6, 6.07) is 14.0. The van der Waals surface area contributed by atoms with Crippen LogP contribution >= 0.6 is 0 Å². The molecule has 0 atom stereocenters. The molecule has 0 aliphatic heterocycles. The fourth-order valence-electron chi connectivity index (χ4n) is 3.26.